The van der Waals surface area contributed by atoms with E-state index in [9.17, 15) is 14.4 Å². The van der Waals surface area contributed by atoms with Gasteiger partial charge in [-0.1, -0.05) is 0 Å². The molecule has 80 valence electrons. The van der Waals surface area contributed by atoms with Gasteiger partial charge in [0.1, 0.15) is 11.8 Å². The summed E-state index contributed by atoms with van der Waals surface area (Å²) in [5, 5.41) is 20.1. The van der Waals surface area contributed by atoms with Gasteiger partial charge in [0.25, 0.3) is 11.8 Å². The third-order valence-electron chi connectivity index (χ3n) is 1.71. The molecule has 1 aliphatic rings. The fourth-order valence-corrected chi connectivity index (χ4v) is 0.958. The number of rotatable bonds is 4. The average Bonchev–Trinajstić information content (AvgIpc) is 2.52. The Morgan fingerprint density at radius 3 is 2.67 bits per heavy atom. The van der Waals surface area contributed by atoms with Crippen LogP contribution in [0.1, 0.15) is 0 Å². The molecule has 1 atom stereocenters. The highest BCUT2D eigenvalue weighted by molar-refractivity contribution is 6.59. The number of nitrogens with one attached hydrogen (secondary N) is 5. The van der Waals surface area contributed by atoms with Crippen LogP contribution in [-0.2, 0) is 9.59 Å². The first-order chi connectivity index (χ1) is 7.04. The van der Waals surface area contributed by atoms with Gasteiger partial charge in [0.15, 0.2) is 0 Å². The lowest BCUT2D eigenvalue weighted by molar-refractivity contribution is -0.120. The van der Waals surface area contributed by atoms with Crippen molar-refractivity contribution in [3.63, 3.8) is 0 Å². The summed E-state index contributed by atoms with van der Waals surface area (Å²) in [5.74, 6) is -1.29. The summed E-state index contributed by atoms with van der Waals surface area (Å²) in [4.78, 5) is 32.6. The summed E-state index contributed by atoms with van der Waals surface area (Å²) in [6.07, 6.45) is 0.586. The molecule has 8 nitrogen and oxygen atoms in total. The third kappa shape index (κ3) is 2.59. The van der Waals surface area contributed by atoms with Crippen LogP contribution in [-0.4, -0.2) is 42.4 Å². The van der Waals surface area contributed by atoms with Gasteiger partial charge < -0.3 is 16.0 Å². The molecule has 0 spiro atoms. The van der Waals surface area contributed by atoms with Crippen LogP contribution in [0.5, 0.6) is 0 Å². The van der Waals surface area contributed by atoms with Crippen LogP contribution in [0.15, 0.2) is 0 Å². The van der Waals surface area contributed by atoms with E-state index in [0.29, 0.717) is 6.21 Å². The molecule has 5 N–H and O–H groups in total. The van der Waals surface area contributed by atoms with Gasteiger partial charge in [-0.2, -0.15) is 0 Å². The van der Waals surface area contributed by atoms with E-state index in [0.717, 1.165) is 0 Å². The highest BCUT2D eigenvalue weighted by Gasteiger charge is 2.29. The van der Waals surface area contributed by atoms with Gasteiger partial charge in [-0.25, -0.2) is 4.79 Å². The molecule has 0 aromatic rings. The van der Waals surface area contributed by atoms with Crippen LogP contribution in [0.25, 0.3) is 0 Å². The fourth-order valence-electron chi connectivity index (χ4n) is 0.958. The topological polar surface area (TPSA) is 135 Å². The van der Waals surface area contributed by atoms with E-state index in [1.807, 2.05) is 5.32 Å². The van der Waals surface area contributed by atoms with Crippen molar-refractivity contribution in [1.82, 2.24) is 16.0 Å². The number of imide groups is 1. The SMILES string of the molecule is N=CC(=N)C(=O)NC[C@H]1NC(=O)NC1=O. The number of amides is 4. The summed E-state index contributed by atoms with van der Waals surface area (Å²) < 4.78 is 0. The Kier molecular flexibility index (Phi) is 3.11. The molecule has 0 radical (unpaired) electrons. The maximum atomic E-state index is 11.0. The summed E-state index contributed by atoms with van der Waals surface area (Å²) in [6, 6.07) is -1.43. The Morgan fingerprint density at radius 1 is 1.53 bits per heavy atom. The molecule has 0 unspecified atom stereocenters. The van der Waals surface area contributed by atoms with Gasteiger partial charge >= 0.3 is 6.03 Å². The second-order valence-electron chi connectivity index (χ2n) is 2.78. The first-order valence-corrected chi connectivity index (χ1v) is 4.03. The smallest absolute Gasteiger partial charge is 0.322 e. The molecule has 1 aliphatic heterocycles. The first kappa shape index (κ1) is 10.8. The Morgan fingerprint density at radius 2 is 2.20 bits per heavy atom. The van der Waals surface area contributed by atoms with Gasteiger partial charge in [-0.05, 0) is 0 Å². The number of hydrogen-bond acceptors (Lipinski definition) is 5. The largest absolute Gasteiger partial charge is 0.348 e. The van der Waals surface area contributed by atoms with Gasteiger partial charge in [0.2, 0.25) is 0 Å². The lowest BCUT2D eigenvalue weighted by Gasteiger charge is -2.07. The van der Waals surface area contributed by atoms with Gasteiger partial charge in [0.05, 0.1) is 0 Å². The van der Waals surface area contributed by atoms with Crippen molar-refractivity contribution in [3.05, 3.63) is 0 Å². The Balaban J connectivity index is 2.41. The summed E-state index contributed by atoms with van der Waals surface area (Å²) in [5.41, 5.74) is -0.514. The standard InChI is InChI=1S/C7H9N5O3/c8-1-3(9)5(13)10-2-4-6(14)12-7(15)11-4/h1,4,8-9H,2H2,(H,10,13)(H2,11,12,14,15)/t4-/m1/s1. The van der Waals surface area contributed by atoms with Crippen molar-refractivity contribution in [1.29, 1.82) is 10.8 Å². The van der Waals surface area contributed by atoms with E-state index in [4.69, 9.17) is 10.8 Å². The Bertz CT molecular complexity index is 351. The zero-order valence-electron chi connectivity index (χ0n) is 7.59. The average molecular weight is 211 g/mol. The van der Waals surface area contributed by atoms with E-state index in [-0.39, 0.29) is 6.54 Å². The summed E-state index contributed by atoms with van der Waals surface area (Å²) >= 11 is 0. The molecule has 1 heterocycles. The highest BCUT2D eigenvalue weighted by atomic mass is 16.2. The minimum Gasteiger partial charge on any atom is -0.348 e. The lowest BCUT2D eigenvalue weighted by Crippen LogP contribution is -2.43. The van der Waals surface area contributed by atoms with Crippen molar-refractivity contribution in [2.75, 3.05) is 6.54 Å². The van der Waals surface area contributed by atoms with Crippen molar-refractivity contribution in [2.24, 2.45) is 0 Å². The number of carbonyl (C=O) groups excluding carboxylic acids is 3. The second-order valence-corrected chi connectivity index (χ2v) is 2.78. The molecule has 1 rings (SSSR count). The van der Waals surface area contributed by atoms with Crippen LogP contribution in [0, 0.1) is 10.8 Å². The van der Waals surface area contributed by atoms with E-state index >= 15 is 0 Å². The van der Waals surface area contributed by atoms with Gasteiger partial charge in [-0.3, -0.25) is 20.3 Å². The fraction of sp³-hybridized carbons (Fsp3) is 0.286. The molecule has 0 saturated carbocycles. The maximum Gasteiger partial charge on any atom is 0.322 e. The third-order valence-corrected chi connectivity index (χ3v) is 1.71. The van der Waals surface area contributed by atoms with E-state index in [1.165, 1.54) is 0 Å². The predicted molar refractivity (Wildman–Crippen MR) is 50.0 cm³/mol. The molecule has 15 heavy (non-hydrogen) atoms. The zero-order valence-corrected chi connectivity index (χ0v) is 7.59. The van der Waals surface area contributed by atoms with E-state index in [2.05, 4.69) is 10.6 Å². The summed E-state index contributed by atoms with van der Waals surface area (Å²) in [7, 11) is 0. The minimum absolute atomic E-state index is 0.105. The highest BCUT2D eigenvalue weighted by Crippen LogP contribution is 1.90. The molecule has 0 bridgehead atoms. The lowest BCUT2D eigenvalue weighted by atomic mass is 10.3. The predicted octanol–water partition coefficient (Wildman–Crippen LogP) is -2.02. The molecular formula is C7H9N5O3. The second kappa shape index (κ2) is 4.31. The van der Waals surface area contributed by atoms with Crippen LogP contribution < -0.4 is 16.0 Å². The molecule has 8 heteroatoms. The van der Waals surface area contributed by atoms with Crippen LogP contribution in [0.3, 0.4) is 0 Å². The first-order valence-electron chi connectivity index (χ1n) is 4.03. The number of hydrogen-bond donors (Lipinski definition) is 5. The van der Waals surface area contributed by atoms with Crippen LogP contribution in [0.4, 0.5) is 4.79 Å². The van der Waals surface area contributed by atoms with Crippen LogP contribution in [0.2, 0.25) is 0 Å². The zero-order chi connectivity index (χ0) is 11.4. The Labute approximate surface area is 84.4 Å². The normalized spacial score (nSPS) is 19.1. The van der Waals surface area contributed by atoms with E-state index in [1.54, 1.807) is 0 Å². The van der Waals surface area contributed by atoms with Crippen molar-refractivity contribution in [2.45, 2.75) is 6.04 Å². The minimum atomic E-state index is -0.819. The molecule has 0 aliphatic carbocycles. The maximum absolute atomic E-state index is 11.0. The molecule has 1 saturated heterocycles. The molecule has 0 aromatic heterocycles. The van der Waals surface area contributed by atoms with Crippen molar-refractivity contribution >= 4 is 29.8 Å². The van der Waals surface area contributed by atoms with Crippen molar-refractivity contribution in [3.8, 4) is 0 Å². The van der Waals surface area contributed by atoms with Crippen LogP contribution >= 0.6 is 0 Å². The molecular weight excluding hydrogens is 202 g/mol. The van der Waals surface area contributed by atoms with E-state index < -0.39 is 29.6 Å². The van der Waals surface area contributed by atoms with Gasteiger partial charge in [0, 0.05) is 12.8 Å². The molecule has 0 aromatic carbocycles. The van der Waals surface area contributed by atoms with Gasteiger partial charge in [-0.15, -0.1) is 0 Å². The number of carbonyl (C=O) groups is 3. The quantitative estimate of drug-likeness (QED) is 0.271. The molecule has 4 amide bonds. The summed E-state index contributed by atoms with van der Waals surface area (Å²) in [6.45, 7) is -0.105. The molecule has 1 fully saturated rings. The number of urea groups is 1. The Hall–Kier alpha value is -2.25. The van der Waals surface area contributed by atoms with Crippen molar-refractivity contribution < 1.29 is 14.4 Å². The monoisotopic (exact) mass is 211 g/mol.